The number of amides is 1. The highest BCUT2D eigenvalue weighted by molar-refractivity contribution is 6.17. The Bertz CT molecular complexity index is 449. The molecule has 0 fully saturated rings. The van der Waals surface area contributed by atoms with Crippen molar-refractivity contribution in [2.24, 2.45) is 0 Å². The molecule has 1 N–H and O–H groups in total. The Morgan fingerprint density at radius 3 is 2.78 bits per heavy atom. The molecule has 0 aliphatic rings. The van der Waals surface area contributed by atoms with Crippen molar-refractivity contribution < 1.29 is 9.72 Å². The molecule has 0 unspecified atom stereocenters. The third-order valence-corrected chi connectivity index (χ3v) is 2.74. The maximum Gasteiger partial charge on any atom is 0.274 e. The molecule has 0 spiro atoms. The van der Waals surface area contributed by atoms with Crippen LogP contribution in [0.5, 0.6) is 0 Å². The van der Waals surface area contributed by atoms with Gasteiger partial charge in [-0.1, -0.05) is 6.07 Å². The van der Waals surface area contributed by atoms with Crippen molar-refractivity contribution in [2.45, 2.75) is 26.2 Å². The smallest absolute Gasteiger partial charge is 0.274 e. The number of anilines is 1. The Balaban J connectivity index is 2.65. The number of nitro benzene ring substituents is 1. The summed E-state index contributed by atoms with van der Waals surface area (Å²) in [7, 11) is 0. The van der Waals surface area contributed by atoms with Gasteiger partial charge in [0.2, 0.25) is 5.91 Å². The van der Waals surface area contributed by atoms with Gasteiger partial charge in [-0.05, 0) is 25.8 Å². The molecule has 0 aliphatic heterocycles. The molecule has 6 heteroatoms. The van der Waals surface area contributed by atoms with Gasteiger partial charge in [0.25, 0.3) is 5.69 Å². The lowest BCUT2D eigenvalue weighted by Gasteiger charge is -2.05. The van der Waals surface area contributed by atoms with Crippen molar-refractivity contribution in [1.82, 2.24) is 0 Å². The molecular weight excluding hydrogens is 256 g/mol. The van der Waals surface area contributed by atoms with Crippen LogP contribution in [-0.2, 0) is 4.79 Å². The van der Waals surface area contributed by atoms with Crippen LogP contribution < -0.4 is 5.32 Å². The Kier molecular flexibility index (Phi) is 5.58. The lowest BCUT2D eigenvalue weighted by atomic mass is 10.2. The van der Waals surface area contributed by atoms with Gasteiger partial charge in [-0.25, -0.2) is 0 Å². The number of benzene rings is 1. The first kappa shape index (κ1) is 14.4. The van der Waals surface area contributed by atoms with Crippen molar-refractivity contribution in [1.29, 1.82) is 0 Å². The van der Waals surface area contributed by atoms with E-state index in [0.29, 0.717) is 30.0 Å². The maximum absolute atomic E-state index is 11.5. The molecule has 1 aromatic carbocycles. The Hall–Kier alpha value is -1.62. The number of nitro groups is 1. The largest absolute Gasteiger partial charge is 0.326 e. The predicted molar refractivity (Wildman–Crippen MR) is 71.0 cm³/mol. The number of nitrogens with zero attached hydrogens (tertiary/aromatic N) is 1. The van der Waals surface area contributed by atoms with E-state index in [-0.39, 0.29) is 11.6 Å². The summed E-state index contributed by atoms with van der Waals surface area (Å²) in [5.74, 6) is 0.377. The van der Waals surface area contributed by atoms with Crippen LogP contribution in [0.2, 0.25) is 0 Å². The van der Waals surface area contributed by atoms with Crippen LogP contribution in [0.3, 0.4) is 0 Å². The number of unbranched alkanes of at least 4 members (excludes halogenated alkanes) is 1. The Morgan fingerprint density at radius 2 is 2.17 bits per heavy atom. The minimum absolute atomic E-state index is 0.00792. The number of carbonyl (C=O) groups excluding carboxylic acids is 1. The number of hydrogen-bond donors (Lipinski definition) is 1. The molecule has 1 aromatic rings. The molecule has 0 bridgehead atoms. The Labute approximate surface area is 110 Å². The standard InChI is InChI=1S/C12H15ClN2O3/c1-9-5-6-10(8-11(9)15(17)18)14-12(16)4-2-3-7-13/h5-6,8H,2-4,7H2,1H3,(H,14,16). The van der Waals surface area contributed by atoms with Crippen molar-refractivity contribution >= 4 is 28.9 Å². The van der Waals surface area contributed by atoms with Crippen LogP contribution in [0, 0.1) is 17.0 Å². The average Bonchev–Trinajstić information content (AvgIpc) is 2.31. The molecule has 0 saturated heterocycles. The van der Waals surface area contributed by atoms with Gasteiger partial charge >= 0.3 is 0 Å². The van der Waals surface area contributed by atoms with Crippen molar-refractivity contribution in [3.8, 4) is 0 Å². The lowest BCUT2D eigenvalue weighted by Crippen LogP contribution is -2.11. The molecule has 1 amide bonds. The van der Waals surface area contributed by atoms with Gasteiger partial charge in [0.05, 0.1) is 4.92 Å². The third kappa shape index (κ3) is 4.33. The van der Waals surface area contributed by atoms with E-state index in [2.05, 4.69) is 5.32 Å². The van der Waals surface area contributed by atoms with Gasteiger partial charge in [-0.2, -0.15) is 0 Å². The van der Waals surface area contributed by atoms with E-state index in [1.54, 1.807) is 19.1 Å². The van der Waals surface area contributed by atoms with Gasteiger partial charge in [0.1, 0.15) is 0 Å². The fourth-order valence-electron chi connectivity index (χ4n) is 1.49. The maximum atomic E-state index is 11.5. The van der Waals surface area contributed by atoms with Crippen molar-refractivity contribution in [2.75, 3.05) is 11.2 Å². The van der Waals surface area contributed by atoms with Crippen LogP contribution in [0.25, 0.3) is 0 Å². The van der Waals surface area contributed by atoms with Crippen molar-refractivity contribution in [3.63, 3.8) is 0 Å². The second-order valence-electron chi connectivity index (χ2n) is 3.95. The summed E-state index contributed by atoms with van der Waals surface area (Å²) in [5.41, 5.74) is 1.02. The van der Waals surface area contributed by atoms with E-state index in [4.69, 9.17) is 11.6 Å². The van der Waals surface area contributed by atoms with E-state index >= 15 is 0 Å². The first-order valence-electron chi connectivity index (χ1n) is 5.65. The third-order valence-electron chi connectivity index (χ3n) is 2.48. The molecule has 18 heavy (non-hydrogen) atoms. The minimum Gasteiger partial charge on any atom is -0.326 e. The number of aryl methyl sites for hydroxylation is 1. The Morgan fingerprint density at radius 1 is 1.44 bits per heavy atom. The summed E-state index contributed by atoms with van der Waals surface area (Å²) >= 11 is 5.51. The minimum atomic E-state index is -0.460. The molecular formula is C12H15ClN2O3. The number of halogens is 1. The topological polar surface area (TPSA) is 72.2 Å². The summed E-state index contributed by atoms with van der Waals surface area (Å²) in [4.78, 5) is 21.8. The summed E-state index contributed by atoms with van der Waals surface area (Å²) in [6, 6.07) is 4.64. The number of rotatable bonds is 6. The summed E-state index contributed by atoms with van der Waals surface area (Å²) < 4.78 is 0. The SMILES string of the molecule is Cc1ccc(NC(=O)CCCCCl)cc1[N+](=O)[O-]. The van der Waals surface area contributed by atoms with E-state index in [0.717, 1.165) is 6.42 Å². The molecule has 0 heterocycles. The molecule has 0 aromatic heterocycles. The van der Waals surface area contributed by atoms with Crippen LogP contribution in [0.4, 0.5) is 11.4 Å². The second kappa shape index (κ2) is 6.96. The fourth-order valence-corrected chi connectivity index (χ4v) is 1.68. The zero-order valence-electron chi connectivity index (χ0n) is 10.1. The highest BCUT2D eigenvalue weighted by atomic mass is 35.5. The predicted octanol–water partition coefficient (Wildman–Crippen LogP) is 3.25. The number of alkyl halides is 1. The van der Waals surface area contributed by atoms with Gasteiger partial charge in [-0.3, -0.25) is 14.9 Å². The average molecular weight is 271 g/mol. The summed E-state index contributed by atoms with van der Waals surface area (Å²) in [6.45, 7) is 1.66. The van der Waals surface area contributed by atoms with Gasteiger partial charge in [-0.15, -0.1) is 11.6 Å². The quantitative estimate of drug-likeness (QED) is 0.373. The van der Waals surface area contributed by atoms with Crippen LogP contribution in [0.1, 0.15) is 24.8 Å². The van der Waals surface area contributed by atoms with E-state index in [1.165, 1.54) is 6.07 Å². The summed E-state index contributed by atoms with van der Waals surface area (Å²) in [6.07, 6.45) is 1.86. The van der Waals surface area contributed by atoms with E-state index in [9.17, 15) is 14.9 Å². The van der Waals surface area contributed by atoms with Gasteiger partial charge in [0.15, 0.2) is 0 Å². The molecule has 0 saturated carbocycles. The van der Waals surface area contributed by atoms with Gasteiger partial charge in [0, 0.05) is 29.6 Å². The first-order chi connectivity index (χ1) is 8.54. The van der Waals surface area contributed by atoms with Crippen LogP contribution in [-0.4, -0.2) is 16.7 Å². The number of carbonyl (C=O) groups is 1. The normalized spacial score (nSPS) is 10.1. The molecule has 5 nitrogen and oxygen atoms in total. The molecule has 0 atom stereocenters. The lowest BCUT2D eigenvalue weighted by molar-refractivity contribution is -0.385. The molecule has 98 valence electrons. The molecule has 0 aliphatic carbocycles. The zero-order chi connectivity index (χ0) is 13.5. The number of nitrogens with one attached hydrogen (secondary N) is 1. The van der Waals surface area contributed by atoms with Crippen LogP contribution in [0.15, 0.2) is 18.2 Å². The summed E-state index contributed by atoms with van der Waals surface area (Å²) in [5, 5.41) is 13.4. The fraction of sp³-hybridized carbons (Fsp3) is 0.417. The highest BCUT2D eigenvalue weighted by Crippen LogP contribution is 2.22. The van der Waals surface area contributed by atoms with E-state index < -0.39 is 4.92 Å². The number of hydrogen-bond acceptors (Lipinski definition) is 3. The second-order valence-corrected chi connectivity index (χ2v) is 4.33. The highest BCUT2D eigenvalue weighted by Gasteiger charge is 2.12. The first-order valence-corrected chi connectivity index (χ1v) is 6.19. The van der Waals surface area contributed by atoms with E-state index in [1.807, 2.05) is 0 Å². The molecule has 1 rings (SSSR count). The van der Waals surface area contributed by atoms with Gasteiger partial charge < -0.3 is 5.32 Å². The van der Waals surface area contributed by atoms with Crippen molar-refractivity contribution in [3.05, 3.63) is 33.9 Å². The zero-order valence-corrected chi connectivity index (χ0v) is 10.9. The molecule has 0 radical (unpaired) electrons. The monoisotopic (exact) mass is 270 g/mol. The van der Waals surface area contributed by atoms with Crippen LogP contribution >= 0.6 is 11.6 Å².